The molecule has 0 radical (unpaired) electrons. The van der Waals surface area contributed by atoms with Gasteiger partial charge in [-0.15, -0.1) is 0 Å². The molecule has 0 saturated heterocycles. The summed E-state index contributed by atoms with van der Waals surface area (Å²) >= 11 is 0. The van der Waals surface area contributed by atoms with E-state index < -0.39 is 0 Å². The second-order valence-corrected chi connectivity index (χ2v) is 5.54. The smallest absolute Gasteiger partial charge is 0.119 e. The number of ether oxygens (including phenoxy) is 1. The molecule has 3 nitrogen and oxygen atoms in total. The third-order valence-corrected chi connectivity index (χ3v) is 4.55. The largest absolute Gasteiger partial charge is 0.497 e. The van der Waals surface area contributed by atoms with Crippen molar-refractivity contribution in [3.8, 4) is 5.75 Å². The first-order valence-corrected chi connectivity index (χ1v) is 7.40. The standard InChI is InChI=1S/C16H26N2O/c1-3-12-7-4-5-10-15(12)16(18-17)13-8-6-9-14(11-13)19-2/h6,8-9,11-12,15-16,18H,3-5,7,10,17H2,1-2H3. The molecule has 1 aromatic carbocycles. The van der Waals surface area contributed by atoms with E-state index in [0.717, 1.165) is 11.7 Å². The normalized spacial score (nSPS) is 25.0. The van der Waals surface area contributed by atoms with Crippen LogP contribution in [-0.4, -0.2) is 7.11 Å². The molecule has 19 heavy (non-hydrogen) atoms. The van der Waals surface area contributed by atoms with E-state index in [0.29, 0.717) is 5.92 Å². The molecule has 1 aromatic rings. The highest BCUT2D eigenvalue weighted by Crippen LogP contribution is 2.40. The van der Waals surface area contributed by atoms with Crippen molar-refractivity contribution >= 4 is 0 Å². The number of nitrogens with one attached hydrogen (secondary N) is 1. The van der Waals surface area contributed by atoms with Crippen LogP contribution in [0.4, 0.5) is 0 Å². The van der Waals surface area contributed by atoms with Crippen molar-refractivity contribution in [2.75, 3.05) is 7.11 Å². The predicted molar refractivity (Wildman–Crippen MR) is 78.8 cm³/mol. The highest BCUT2D eigenvalue weighted by Gasteiger charge is 2.31. The molecule has 3 N–H and O–H groups in total. The van der Waals surface area contributed by atoms with Crippen molar-refractivity contribution in [3.63, 3.8) is 0 Å². The molecular formula is C16H26N2O. The van der Waals surface area contributed by atoms with Crippen LogP contribution >= 0.6 is 0 Å². The molecule has 0 amide bonds. The van der Waals surface area contributed by atoms with Crippen molar-refractivity contribution in [1.29, 1.82) is 0 Å². The Bertz CT molecular complexity index is 394. The lowest BCUT2D eigenvalue weighted by Crippen LogP contribution is -2.38. The van der Waals surface area contributed by atoms with E-state index in [-0.39, 0.29) is 6.04 Å². The van der Waals surface area contributed by atoms with Gasteiger partial charge in [0.15, 0.2) is 0 Å². The maximum atomic E-state index is 5.85. The van der Waals surface area contributed by atoms with Crippen LogP contribution in [0.2, 0.25) is 0 Å². The fourth-order valence-corrected chi connectivity index (χ4v) is 3.48. The zero-order valence-electron chi connectivity index (χ0n) is 12.1. The van der Waals surface area contributed by atoms with Gasteiger partial charge in [-0.25, -0.2) is 0 Å². The van der Waals surface area contributed by atoms with Crippen molar-refractivity contribution in [2.24, 2.45) is 17.7 Å². The number of nitrogens with two attached hydrogens (primary N) is 1. The molecule has 1 saturated carbocycles. The molecule has 0 aliphatic heterocycles. The number of hydrazine groups is 1. The lowest BCUT2D eigenvalue weighted by molar-refractivity contribution is 0.176. The van der Waals surface area contributed by atoms with Gasteiger partial charge in [0.05, 0.1) is 7.11 Å². The fraction of sp³-hybridized carbons (Fsp3) is 0.625. The van der Waals surface area contributed by atoms with Crippen molar-refractivity contribution in [1.82, 2.24) is 5.43 Å². The second kappa shape index (κ2) is 6.92. The van der Waals surface area contributed by atoms with Crippen LogP contribution in [0, 0.1) is 11.8 Å². The van der Waals surface area contributed by atoms with Gasteiger partial charge in [-0.3, -0.25) is 11.3 Å². The summed E-state index contributed by atoms with van der Waals surface area (Å²) in [6.45, 7) is 2.29. The van der Waals surface area contributed by atoms with Crippen LogP contribution < -0.4 is 16.0 Å². The summed E-state index contributed by atoms with van der Waals surface area (Å²) in [4.78, 5) is 0. The fourth-order valence-electron chi connectivity index (χ4n) is 3.48. The van der Waals surface area contributed by atoms with Gasteiger partial charge >= 0.3 is 0 Å². The second-order valence-electron chi connectivity index (χ2n) is 5.54. The molecule has 1 fully saturated rings. The highest BCUT2D eigenvalue weighted by atomic mass is 16.5. The summed E-state index contributed by atoms with van der Waals surface area (Å²) in [7, 11) is 1.71. The lowest BCUT2D eigenvalue weighted by atomic mass is 9.72. The molecule has 1 aliphatic rings. The summed E-state index contributed by atoms with van der Waals surface area (Å²) in [5, 5.41) is 0. The van der Waals surface area contributed by atoms with E-state index in [1.807, 2.05) is 12.1 Å². The molecule has 106 valence electrons. The van der Waals surface area contributed by atoms with Crippen molar-refractivity contribution in [2.45, 2.75) is 45.1 Å². The van der Waals surface area contributed by atoms with Crippen molar-refractivity contribution < 1.29 is 4.74 Å². The van der Waals surface area contributed by atoms with Gasteiger partial charge in [-0.1, -0.05) is 44.7 Å². The average Bonchev–Trinajstić information content (AvgIpc) is 2.49. The SMILES string of the molecule is CCC1CCCCC1C(NN)c1cccc(OC)c1. The van der Waals surface area contributed by atoms with E-state index in [2.05, 4.69) is 24.5 Å². The van der Waals surface area contributed by atoms with Gasteiger partial charge in [-0.2, -0.15) is 0 Å². The molecule has 0 aromatic heterocycles. The van der Waals surface area contributed by atoms with Crippen LogP contribution in [0.15, 0.2) is 24.3 Å². The zero-order valence-corrected chi connectivity index (χ0v) is 12.1. The zero-order chi connectivity index (χ0) is 13.7. The van der Waals surface area contributed by atoms with Gasteiger partial charge in [-0.05, 0) is 36.0 Å². The Morgan fingerprint density at radius 2 is 2.16 bits per heavy atom. The summed E-state index contributed by atoms with van der Waals surface area (Å²) in [5.41, 5.74) is 4.29. The first-order chi connectivity index (χ1) is 9.30. The van der Waals surface area contributed by atoms with Crippen LogP contribution in [0.5, 0.6) is 5.75 Å². The topological polar surface area (TPSA) is 47.3 Å². The van der Waals surface area contributed by atoms with Gasteiger partial charge in [0.1, 0.15) is 5.75 Å². The van der Waals surface area contributed by atoms with Crippen LogP contribution in [0.3, 0.4) is 0 Å². The molecule has 1 aliphatic carbocycles. The average molecular weight is 262 g/mol. The summed E-state index contributed by atoms with van der Waals surface area (Å²) < 4.78 is 5.32. The quantitative estimate of drug-likeness (QED) is 0.631. The molecule has 3 atom stereocenters. The minimum atomic E-state index is 0.236. The van der Waals surface area contributed by atoms with Crippen LogP contribution in [-0.2, 0) is 0 Å². The van der Waals surface area contributed by atoms with E-state index in [9.17, 15) is 0 Å². The summed E-state index contributed by atoms with van der Waals surface area (Å²) in [6.07, 6.45) is 6.54. The van der Waals surface area contributed by atoms with E-state index in [4.69, 9.17) is 10.6 Å². The Balaban J connectivity index is 2.21. The third-order valence-electron chi connectivity index (χ3n) is 4.55. The van der Waals surface area contributed by atoms with Crippen LogP contribution in [0.25, 0.3) is 0 Å². The van der Waals surface area contributed by atoms with Gasteiger partial charge in [0.25, 0.3) is 0 Å². The lowest BCUT2D eigenvalue weighted by Gasteiger charge is -2.36. The number of hydrogen-bond acceptors (Lipinski definition) is 3. The van der Waals surface area contributed by atoms with Crippen LogP contribution in [0.1, 0.15) is 50.6 Å². The number of methoxy groups -OCH3 is 1. The first kappa shape index (κ1) is 14.4. The summed E-state index contributed by atoms with van der Waals surface area (Å²) in [6, 6.07) is 8.51. The van der Waals surface area contributed by atoms with E-state index in [1.54, 1.807) is 7.11 Å². The minimum Gasteiger partial charge on any atom is -0.497 e. The monoisotopic (exact) mass is 262 g/mol. The highest BCUT2D eigenvalue weighted by molar-refractivity contribution is 5.31. The molecule has 3 heteroatoms. The Morgan fingerprint density at radius 3 is 2.84 bits per heavy atom. The molecule has 2 rings (SSSR count). The Labute approximate surface area is 116 Å². The summed E-state index contributed by atoms with van der Waals surface area (Å²) in [5.74, 6) is 8.17. The number of hydrogen-bond donors (Lipinski definition) is 2. The molecule has 0 heterocycles. The predicted octanol–water partition coefficient (Wildman–Crippen LogP) is 3.42. The molecule has 0 bridgehead atoms. The Morgan fingerprint density at radius 1 is 1.37 bits per heavy atom. The number of rotatable bonds is 5. The molecule has 3 unspecified atom stereocenters. The first-order valence-electron chi connectivity index (χ1n) is 7.40. The van der Waals surface area contributed by atoms with E-state index in [1.165, 1.54) is 37.7 Å². The van der Waals surface area contributed by atoms with Crippen molar-refractivity contribution in [3.05, 3.63) is 29.8 Å². The maximum Gasteiger partial charge on any atom is 0.119 e. The Hall–Kier alpha value is -1.06. The van der Waals surface area contributed by atoms with Gasteiger partial charge < -0.3 is 4.74 Å². The van der Waals surface area contributed by atoms with E-state index >= 15 is 0 Å². The Kier molecular flexibility index (Phi) is 5.23. The number of benzene rings is 1. The van der Waals surface area contributed by atoms with Gasteiger partial charge in [0.2, 0.25) is 0 Å². The minimum absolute atomic E-state index is 0.236. The molecule has 0 spiro atoms. The van der Waals surface area contributed by atoms with Gasteiger partial charge in [0, 0.05) is 6.04 Å². The third kappa shape index (κ3) is 3.28. The molecular weight excluding hydrogens is 236 g/mol. The maximum absolute atomic E-state index is 5.85.